The molecule has 0 amide bonds. The predicted molar refractivity (Wildman–Crippen MR) is 190 cm³/mol. The Kier molecular flexibility index (Phi) is 10.3. The summed E-state index contributed by atoms with van der Waals surface area (Å²) in [5, 5.41) is 0. The number of fused-ring (bicyclic) bond motifs is 3. The summed E-state index contributed by atoms with van der Waals surface area (Å²) in [6.45, 7) is 3.02. The zero-order valence-electron chi connectivity index (χ0n) is 30.6. The molecule has 8 rings (SSSR count). The summed E-state index contributed by atoms with van der Waals surface area (Å²) in [5.74, 6) is -0.584. The zero-order valence-corrected chi connectivity index (χ0v) is 31.5. The van der Waals surface area contributed by atoms with Gasteiger partial charge in [0.1, 0.15) is 49.7 Å². The lowest BCUT2D eigenvalue weighted by atomic mass is 10.1. The van der Waals surface area contributed by atoms with Crippen molar-refractivity contribution in [3.05, 3.63) is 81.7 Å². The first-order valence-corrected chi connectivity index (χ1v) is 19.0. The second kappa shape index (κ2) is 15.0. The molecule has 21 heteroatoms. The average molecular weight is 785 g/mol. The molecule has 0 bridgehead atoms. The maximum atomic E-state index is 14.0. The molecule has 4 aromatic rings. The van der Waals surface area contributed by atoms with Crippen LogP contribution < -0.4 is 11.2 Å². The van der Waals surface area contributed by atoms with Crippen LogP contribution in [0.15, 0.2) is 69.8 Å². The molecule has 294 valence electrons. The van der Waals surface area contributed by atoms with Gasteiger partial charge in [-0.3, -0.25) is 27.5 Å². The van der Waals surface area contributed by atoms with Crippen LogP contribution in [-0.4, -0.2) is 117 Å². The SMILES string of the molecule is CO[C@@H]1[C@@H]2O[P@](=O)(OC[C@H]3O[C@@H](n4cnc5c(N=CN(C)C)ncnc54)[C@@H]4OC(C)(C)O[C@@H]43)OC[C@H]2O[C@H]1n1ccc(=O)n(COCc2ccccc2)c1=O. The summed E-state index contributed by atoms with van der Waals surface area (Å²) in [5.41, 5.74) is 0.568. The molecular weight excluding hydrogens is 743 g/mol. The molecule has 3 aromatic heterocycles. The van der Waals surface area contributed by atoms with Crippen molar-refractivity contribution in [2.45, 2.75) is 82.1 Å². The minimum absolute atomic E-state index is 0.195. The Balaban J connectivity index is 0.962. The van der Waals surface area contributed by atoms with Gasteiger partial charge < -0.3 is 33.3 Å². The van der Waals surface area contributed by atoms with Gasteiger partial charge in [-0.1, -0.05) is 30.3 Å². The van der Waals surface area contributed by atoms with E-state index in [0.717, 1.165) is 10.1 Å². The Bertz CT molecular complexity index is 2210. The first-order valence-electron chi connectivity index (χ1n) is 17.5. The fourth-order valence-corrected chi connectivity index (χ4v) is 8.41. The van der Waals surface area contributed by atoms with Crippen LogP contribution in [0.3, 0.4) is 0 Å². The van der Waals surface area contributed by atoms with Gasteiger partial charge in [0.15, 0.2) is 35.2 Å². The number of aliphatic imine (C=N–C) groups is 1. The summed E-state index contributed by atoms with van der Waals surface area (Å²) in [4.78, 5) is 45.6. The molecule has 4 saturated heterocycles. The maximum absolute atomic E-state index is 14.0. The number of ether oxygens (including phenoxy) is 6. The van der Waals surface area contributed by atoms with E-state index in [4.69, 9.17) is 42.0 Å². The molecule has 0 saturated carbocycles. The Morgan fingerprint density at radius 3 is 2.60 bits per heavy atom. The van der Waals surface area contributed by atoms with Crippen LogP contribution in [0.5, 0.6) is 0 Å². The van der Waals surface area contributed by atoms with Gasteiger partial charge in [-0.05, 0) is 19.4 Å². The van der Waals surface area contributed by atoms with Crippen molar-refractivity contribution >= 4 is 31.1 Å². The van der Waals surface area contributed by atoms with Gasteiger partial charge in [0, 0.05) is 33.5 Å². The minimum atomic E-state index is -4.25. The highest BCUT2D eigenvalue weighted by atomic mass is 31.2. The molecular formula is C34H41N8O12P. The first kappa shape index (κ1) is 37.7. The van der Waals surface area contributed by atoms with E-state index >= 15 is 0 Å². The van der Waals surface area contributed by atoms with E-state index in [1.165, 1.54) is 30.3 Å². The molecule has 0 N–H and O–H groups in total. The van der Waals surface area contributed by atoms with Crippen molar-refractivity contribution in [2.24, 2.45) is 4.99 Å². The van der Waals surface area contributed by atoms with E-state index in [2.05, 4.69) is 19.9 Å². The standard InChI is InChI=1S/C34H41N8O12P/c1-34(2)52-25-21(50-32(28(25)53-34)41-18-37-24-29(38-17-39(3)4)35-16-36-30(24)41)14-48-55(45)49-15-22-26(54-55)27(46-5)31(51-22)40-12-11-23(43)42(33(40)44)19-47-13-20-9-7-6-8-10-20/h6-12,16-18,21-22,25-28,31-32H,13-15,19H2,1-5H3/t21-,22-,25-,26-,27-,28-,31-,32-,55-/m1/s1. The molecule has 9 atom stereocenters. The number of imidazole rings is 1. The van der Waals surface area contributed by atoms with Crippen LogP contribution in [0.1, 0.15) is 31.9 Å². The van der Waals surface area contributed by atoms with Gasteiger partial charge in [0.25, 0.3) is 5.56 Å². The third-order valence-corrected chi connectivity index (χ3v) is 10.9. The van der Waals surface area contributed by atoms with Gasteiger partial charge in [-0.2, -0.15) is 0 Å². The van der Waals surface area contributed by atoms with E-state index in [-0.39, 0.29) is 26.6 Å². The minimum Gasteiger partial charge on any atom is -0.374 e. The predicted octanol–water partition coefficient (Wildman–Crippen LogP) is 2.12. The maximum Gasteiger partial charge on any atom is 0.475 e. The number of hydrogen-bond acceptors (Lipinski definition) is 16. The van der Waals surface area contributed by atoms with Gasteiger partial charge in [0.2, 0.25) is 0 Å². The van der Waals surface area contributed by atoms with Crippen LogP contribution >= 0.6 is 7.82 Å². The molecule has 0 aliphatic carbocycles. The number of nitrogens with zero attached hydrogens (tertiary/aromatic N) is 8. The lowest BCUT2D eigenvalue weighted by molar-refractivity contribution is -0.199. The second-order valence-electron chi connectivity index (χ2n) is 14.0. The van der Waals surface area contributed by atoms with Crippen molar-refractivity contribution < 1.29 is 46.6 Å². The van der Waals surface area contributed by atoms with Crippen molar-refractivity contribution in [1.82, 2.24) is 33.6 Å². The van der Waals surface area contributed by atoms with Gasteiger partial charge >= 0.3 is 13.5 Å². The van der Waals surface area contributed by atoms with Crippen LogP contribution in [0.25, 0.3) is 11.2 Å². The molecule has 0 unspecified atom stereocenters. The van der Waals surface area contributed by atoms with Crippen molar-refractivity contribution in [3.8, 4) is 0 Å². The number of methoxy groups -OCH3 is 1. The van der Waals surface area contributed by atoms with E-state index < -0.39 is 73.9 Å². The second-order valence-corrected chi connectivity index (χ2v) is 15.6. The van der Waals surface area contributed by atoms with Gasteiger partial charge in [-0.25, -0.2) is 33.9 Å². The Labute approximate surface area is 314 Å². The summed E-state index contributed by atoms with van der Waals surface area (Å²) in [7, 11) is 0.850. The normalized spacial score (nSPS) is 31.3. The molecule has 55 heavy (non-hydrogen) atoms. The van der Waals surface area contributed by atoms with Crippen molar-refractivity contribution in [1.29, 1.82) is 0 Å². The zero-order chi connectivity index (χ0) is 38.5. The largest absolute Gasteiger partial charge is 0.475 e. The van der Waals surface area contributed by atoms with Gasteiger partial charge in [0.05, 0.1) is 32.5 Å². The van der Waals surface area contributed by atoms with Crippen LogP contribution in [0.4, 0.5) is 5.82 Å². The number of hydrogen-bond donors (Lipinski definition) is 0. The first-order chi connectivity index (χ1) is 26.4. The highest BCUT2D eigenvalue weighted by Crippen LogP contribution is 2.57. The summed E-state index contributed by atoms with van der Waals surface area (Å²) < 4.78 is 71.8. The van der Waals surface area contributed by atoms with E-state index in [1.54, 1.807) is 36.0 Å². The molecule has 4 fully saturated rings. The van der Waals surface area contributed by atoms with E-state index in [0.29, 0.717) is 17.0 Å². The summed E-state index contributed by atoms with van der Waals surface area (Å²) in [6.07, 6.45) is -0.650. The molecule has 7 heterocycles. The third kappa shape index (κ3) is 7.42. The summed E-state index contributed by atoms with van der Waals surface area (Å²) in [6, 6.07) is 10.6. The highest BCUT2D eigenvalue weighted by Gasteiger charge is 2.58. The molecule has 20 nitrogen and oxygen atoms in total. The van der Waals surface area contributed by atoms with E-state index in [1.807, 2.05) is 44.4 Å². The molecule has 4 aliphatic rings. The monoisotopic (exact) mass is 784 g/mol. The smallest absolute Gasteiger partial charge is 0.374 e. The summed E-state index contributed by atoms with van der Waals surface area (Å²) >= 11 is 0. The molecule has 0 spiro atoms. The number of phosphoric ester groups is 1. The third-order valence-electron chi connectivity index (χ3n) is 9.45. The molecule has 4 aliphatic heterocycles. The Hall–Kier alpha value is -4.21. The van der Waals surface area contributed by atoms with Crippen molar-refractivity contribution in [3.63, 3.8) is 0 Å². The fourth-order valence-electron chi connectivity index (χ4n) is 7.00. The topological polar surface area (TPSA) is 203 Å². The fraction of sp³-hybridized carbons (Fsp3) is 0.529. The molecule has 0 radical (unpaired) electrons. The number of aromatic nitrogens is 6. The van der Waals surface area contributed by atoms with Crippen LogP contribution in [0, 0.1) is 0 Å². The number of rotatable bonds is 12. The van der Waals surface area contributed by atoms with Crippen molar-refractivity contribution in [2.75, 3.05) is 34.4 Å². The van der Waals surface area contributed by atoms with Gasteiger partial charge in [-0.15, -0.1) is 0 Å². The quantitative estimate of drug-likeness (QED) is 0.115. The van der Waals surface area contributed by atoms with Crippen LogP contribution in [0.2, 0.25) is 0 Å². The Morgan fingerprint density at radius 1 is 1.02 bits per heavy atom. The Morgan fingerprint density at radius 2 is 1.82 bits per heavy atom. The van der Waals surface area contributed by atoms with Crippen LogP contribution in [-0.2, 0) is 59.9 Å². The average Bonchev–Trinajstić information content (AvgIpc) is 3.91. The number of benzene rings is 1. The van der Waals surface area contributed by atoms with E-state index in [9.17, 15) is 14.2 Å². The lowest BCUT2D eigenvalue weighted by Gasteiger charge is -2.32. The number of phosphoric acid groups is 1. The lowest BCUT2D eigenvalue weighted by Crippen LogP contribution is -2.44. The molecule has 1 aromatic carbocycles. The highest BCUT2D eigenvalue weighted by molar-refractivity contribution is 7.48.